The molecule has 0 unspecified atom stereocenters. The topological polar surface area (TPSA) is 73.0 Å². The SMILES string of the molecule is CCOc1ccc(OCc2c(C#N)nnn2C(C)C)cc1. The predicted octanol–water partition coefficient (Wildman–Crippen LogP) is 2.71. The van der Waals surface area contributed by atoms with E-state index >= 15 is 0 Å². The maximum absolute atomic E-state index is 9.07. The van der Waals surface area contributed by atoms with Gasteiger partial charge in [-0.25, -0.2) is 4.68 Å². The second-order valence-corrected chi connectivity index (χ2v) is 4.73. The summed E-state index contributed by atoms with van der Waals surface area (Å²) >= 11 is 0. The minimum absolute atomic E-state index is 0.124. The van der Waals surface area contributed by atoms with Crippen LogP contribution in [0, 0.1) is 11.3 Å². The molecular weight excluding hydrogens is 268 g/mol. The van der Waals surface area contributed by atoms with Gasteiger partial charge in [-0.1, -0.05) is 5.21 Å². The lowest BCUT2D eigenvalue weighted by atomic mass is 10.3. The fourth-order valence-corrected chi connectivity index (χ4v) is 1.90. The molecule has 0 atom stereocenters. The summed E-state index contributed by atoms with van der Waals surface area (Å²) < 4.78 is 12.8. The molecule has 6 nitrogen and oxygen atoms in total. The number of aromatic nitrogens is 3. The molecule has 0 fully saturated rings. The second kappa shape index (κ2) is 6.75. The number of rotatable bonds is 6. The molecule has 2 rings (SSSR count). The summed E-state index contributed by atoms with van der Waals surface area (Å²) in [5.74, 6) is 1.51. The van der Waals surface area contributed by atoms with E-state index in [1.165, 1.54) is 0 Å². The zero-order chi connectivity index (χ0) is 15.2. The monoisotopic (exact) mass is 286 g/mol. The Balaban J connectivity index is 2.09. The van der Waals surface area contributed by atoms with Crippen LogP contribution >= 0.6 is 0 Å². The highest BCUT2D eigenvalue weighted by atomic mass is 16.5. The molecule has 0 amide bonds. The lowest BCUT2D eigenvalue weighted by Gasteiger charge is -2.11. The van der Waals surface area contributed by atoms with E-state index in [4.69, 9.17) is 14.7 Å². The van der Waals surface area contributed by atoms with Gasteiger partial charge in [-0.2, -0.15) is 5.26 Å². The first-order valence-corrected chi connectivity index (χ1v) is 6.85. The summed E-state index contributed by atoms with van der Waals surface area (Å²) in [4.78, 5) is 0. The smallest absolute Gasteiger partial charge is 0.189 e. The van der Waals surface area contributed by atoms with Crippen LogP contribution in [0.4, 0.5) is 0 Å². The predicted molar refractivity (Wildman–Crippen MR) is 77.1 cm³/mol. The molecular formula is C15H18N4O2. The average molecular weight is 286 g/mol. The van der Waals surface area contributed by atoms with E-state index in [1.807, 2.05) is 51.1 Å². The van der Waals surface area contributed by atoms with E-state index in [2.05, 4.69) is 10.3 Å². The van der Waals surface area contributed by atoms with Crippen molar-refractivity contribution in [3.63, 3.8) is 0 Å². The van der Waals surface area contributed by atoms with Crippen LogP contribution < -0.4 is 9.47 Å². The third-order valence-corrected chi connectivity index (χ3v) is 2.90. The van der Waals surface area contributed by atoms with Crippen molar-refractivity contribution in [1.82, 2.24) is 15.0 Å². The van der Waals surface area contributed by atoms with Gasteiger partial charge in [0.05, 0.1) is 6.61 Å². The van der Waals surface area contributed by atoms with Crippen LogP contribution in [0.2, 0.25) is 0 Å². The zero-order valence-electron chi connectivity index (χ0n) is 12.4. The van der Waals surface area contributed by atoms with Crippen molar-refractivity contribution in [2.45, 2.75) is 33.4 Å². The molecule has 2 aromatic rings. The minimum atomic E-state index is 0.124. The molecule has 0 saturated heterocycles. The third kappa shape index (κ3) is 3.51. The highest BCUT2D eigenvalue weighted by Gasteiger charge is 2.15. The molecule has 21 heavy (non-hydrogen) atoms. The first kappa shape index (κ1) is 14.9. The number of nitrogens with zero attached hydrogens (tertiary/aromatic N) is 4. The molecule has 0 bridgehead atoms. The Bertz CT molecular complexity index is 626. The van der Waals surface area contributed by atoms with Crippen molar-refractivity contribution >= 4 is 0 Å². The first-order valence-electron chi connectivity index (χ1n) is 6.85. The maximum atomic E-state index is 9.07. The van der Waals surface area contributed by atoms with E-state index in [9.17, 15) is 0 Å². The largest absolute Gasteiger partial charge is 0.494 e. The molecule has 1 aromatic heterocycles. The van der Waals surface area contributed by atoms with Gasteiger partial charge >= 0.3 is 0 Å². The van der Waals surface area contributed by atoms with Gasteiger partial charge in [-0.05, 0) is 45.0 Å². The van der Waals surface area contributed by atoms with E-state index in [1.54, 1.807) is 4.68 Å². The Morgan fingerprint density at radius 1 is 1.19 bits per heavy atom. The second-order valence-electron chi connectivity index (χ2n) is 4.73. The molecule has 0 aliphatic rings. The van der Waals surface area contributed by atoms with Gasteiger partial charge in [0.15, 0.2) is 5.69 Å². The summed E-state index contributed by atoms with van der Waals surface area (Å²) in [6, 6.07) is 9.53. The fraction of sp³-hybridized carbons (Fsp3) is 0.400. The molecule has 0 aliphatic heterocycles. The Hall–Kier alpha value is -2.55. The number of hydrogen-bond donors (Lipinski definition) is 0. The molecule has 110 valence electrons. The van der Waals surface area contributed by atoms with Crippen LogP contribution in [0.3, 0.4) is 0 Å². The molecule has 0 spiro atoms. The molecule has 0 saturated carbocycles. The van der Waals surface area contributed by atoms with Gasteiger partial charge in [-0.3, -0.25) is 0 Å². The summed E-state index contributed by atoms with van der Waals surface area (Å²) in [6.07, 6.45) is 0. The quantitative estimate of drug-likeness (QED) is 0.816. The highest BCUT2D eigenvalue weighted by Crippen LogP contribution is 2.20. The highest BCUT2D eigenvalue weighted by molar-refractivity contribution is 5.32. The van der Waals surface area contributed by atoms with Crippen molar-refractivity contribution in [2.24, 2.45) is 0 Å². The molecule has 0 radical (unpaired) electrons. The van der Waals surface area contributed by atoms with E-state index in [0.717, 1.165) is 5.75 Å². The van der Waals surface area contributed by atoms with Crippen LogP contribution in [-0.2, 0) is 6.61 Å². The van der Waals surface area contributed by atoms with Crippen LogP contribution in [0.5, 0.6) is 11.5 Å². The average Bonchev–Trinajstić information content (AvgIpc) is 2.90. The van der Waals surface area contributed by atoms with Crippen LogP contribution in [0.1, 0.15) is 38.2 Å². The fourth-order valence-electron chi connectivity index (χ4n) is 1.90. The van der Waals surface area contributed by atoms with Crippen LogP contribution in [0.25, 0.3) is 0 Å². The number of benzene rings is 1. The first-order chi connectivity index (χ1) is 10.2. The lowest BCUT2D eigenvalue weighted by Crippen LogP contribution is -2.10. The van der Waals surface area contributed by atoms with Crippen molar-refractivity contribution in [1.29, 1.82) is 5.26 Å². The minimum Gasteiger partial charge on any atom is -0.494 e. The normalized spacial score (nSPS) is 10.4. The van der Waals surface area contributed by atoms with Crippen molar-refractivity contribution in [3.8, 4) is 17.6 Å². The van der Waals surface area contributed by atoms with Crippen LogP contribution in [-0.4, -0.2) is 21.6 Å². The Labute approximate surface area is 123 Å². The van der Waals surface area contributed by atoms with Gasteiger partial charge in [0.25, 0.3) is 0 Å². The summed E-state index contributed by atoms with van der Waals surface area (Å²) in [5, 5.41) is 16.9. The number of hydrogen-bond acceptors (Lipinski definition) is 5. The van der Waals surface area contributed by atoms with Gasteiger partial charge in [0.2, 0.25) is 0 Å². The van der Waals surface area contributed by atoms with Gasteiger partial charge in [0.1, 0.15) is 29.9 Å². The molecule has 0 N–H and O–H groups in total. The summed E-state index contributed by atoms with van der Waals surface area (Å²) in [7, 11) is 0. The molecule has 6 heteroatoms. The molecule has 0 aliphatic carbocycles. The van der Waals surface area contributed by atoms with Gasteiger partial charge in [-0.15, -0.1) is 5.10 Å². The third-order valence-electron chi connectivity index (χ3n) is 2.90. The summed E-state index contributed by atoms with van der Waals surface area (Å²) in [5.41, 5.74) is 0.982. The maximum Gasteiger partial charge on any atom is 0.189 e. The number of ether oxygens (including phenoxy) is 2. The molecule has 1 heterocycles. The molecule has 1 aromatic carbocycles. The van der Waals surface area contributed by atoms with E-state index in [0.29, 0.717) is 23.7 Å². The van der Waals surface area contributed by atoms with E-state index < -0.39 is 0 Å². The summed E-state index contributed by atoms with van der Waals surface area (Å²) in [6.45, 7) is 6.79. The lowest BCUT2D eigenvalue weighted by molar-refractivity contribution is 0.286. The van der Waals surface area contributed by atoms with Crippen molar-refractivity contribution in [2.75, 3.05) is 6.61 Å². The Morgan fingerprint density at radius 3 is 2.33 bits per heavy atom. The van der Waals surface area contributed by atoms with Gasteiger partial charge < -0.3 is 9.47 Å². The zero-order valence-corrected chi connectivity index (χ0v) is 12.4. The van der Waals surface area contributed by atoms with E-state index in [-0.39, 0.29) is 12.6 Å². The Kier molecular flexibility index (Phi) is 4.77. The standard InChI is InChI=1S/C15H18N4O2/c1-4-20-12-5-7-13(8-6-12)21-10-15-14(9-16)17-18-19(15)11(2)3/h5-8,11H,4,10H2,1-3H3. The Morgan fingerprint density at radius 2 is 1.81 bits per heavy atom. The van der Waals surface area contributed by atoms with Gasteiger partial charge in [0, 0.05) is 6.04 Å². The van der Waals surface area contributed by atoms with Crippen LogP contribution in [0.15, 0.2) is 24.3 Å². The number of nitriles is 1. The van der Waals surface area contributed by atoms with Crippen molar-refractivity contribution < 1.29 is 9.47 Å². The van der Waals surface area contributed by atoms with Crippen molar-refractivity contribution in [3.05, 3.63) is 35.7 Å².